The molecule has 1 aromatic heterocycles. The number of H-pyrrole nitrogens is 1. The average molecular weight is 250 g/mol. The number of benzene rings is 1. The van der Waals surface area contributed by atoms with E-state index in [1.807, 2.05) is 34.0 Å². The third kappa shape index (κ3) is 1.34. The number of hydrogen-bond donors (Lipinski definition) is 2. The summed E-state index contributed by atoms with van der Waals surface area (Å²) in [5, 5.41) is 5.83. The Bertz CT molecular complexity index is 613. The van der Waals surface area contributed by atoms with Gasteiger partial charge in [0.05, 0.1) is 17.6 Å². The fraction of sp³-hybridized carbons (Fsp3) is 0.200. The predicted octanol–water partition coefficient (Wildman–Crippen LogP) is 1.52. The van der Waals surface area contributed by atoms with Crippen LogP contribution in [0.2, 0.25) is 0 Å². The molecular formula is C10H10N4S2. The molecule has 0 radical (unpaired) electrons. The van der Waals surface area contributed by atoms with Gasteiger partial charge in [0.25, 0.3) is 0 Å². The van der Waals surface area contributed by atoms with Crippen molar-refractivity contribution in [3.8, 4) is 0 Å². The molecule has 0 saturated carbocycles. The summed E-state index contributed by atoms with van der Waals surface area (Å²) in [6.07, 6.45) is 0. The van der Waals surface area contributed by atoms with Crippen LogP contribution >= 0.6 is 24.4 Å². The zero-order chi connectivity index (χ0) is 11.1. The molecule has 0 spiro atoms. The van der Waals surface area contributed by atoms with Crippen LogP contribution in [-0.4, -0.2) is 27.9 Å². The zero-order valence-corrected chi connectivity index (χ0v) is 10.1. The van der Waals surface area contributed by atoms with Crippen LogP contribution < -0.4 is 10.3 Å². The lowest BCUT2D eigenvalue weighted by atomic mass is 10.3. The molecule has 0 amide bonds. The van der Waals surface area contributed by atoms with Crippen molar-refractivity contribution in [2.45, 2.75) is 0 Å². The monoisotopic (exact) mass is 250 g/mol. The second-order valence-electron chi connectivity index (χ2n) is 3.61. The molecule has 3 rings (SSSR count). The van der Waals surface area contributed by atoms with E-state index in [2.05, 4.69) is 10.3 Å². The molecule has 4 nitrogen and oxygen atoms in total. The van der Waals surface area contributed by atoms with Crippen LogP contribution in [0.3, 0.4) is 0 Å². The van der Waals surface area contributed by atoms with Crippen molar-refractivity contribution >= 4 is 40.6 Å². The van der Waals surface area contributed by atoms with Gasteiger partial charge in [-0.1, -0.05) is 12.1 Å². The Hall–Kier alpha value is -1.40. The number of rotatable bonds is 1. The second-order valence-corrected chi connectivity index (χ2v) is 4.39. The van der Waals surface area contributed by atoms with E-state index in [1.54, 1.807) is 0 Å². The molecule has 2 heterocycles. The second kappa shape index (κ2) is 3.57. The Morgan fingerprint density at radius 2 is 2.00 bits per heavy atom. The van der Waals surface area contributed by atoms with Crippen LogP contribution in [0.25, 0.3) is 11.0 Å². The van der Waals surface area contributed by atoms with Gasteiger partial charge in [0, 0.05) is 6.54 Å². The summed E-state index contributed by atoms with van der Waals surface area (Å²) in [7, 11) is 0. The number of aromatic amines is 1. The van der Waals surface area contributed by atoms with Crippen LogP contribution in [0.15, 0.2) is 24.3 Å². The van der Waals surface area contributed by atoms with Crippen LogP contribution in [0, 0.1) is 4.77 Å². The van der Waals surface area contributed by atoms with Crippen molar-refractivity contribution in [1.29, 1.82) is 0 Å². The van der Waals surface area contributed by atoms with Crippen LogP contribution in [0.1, 0.15) is 0 Å². The molecule has 1 aromatic carbocycles. The summed E-state index contributed by atoms with van der Waals surface area (Å²) in [6.45, 7) is 1.70. The van der Waals surface area contributed by atoms with Crippen molar-refractivity contribution < 1.29 is 0 Å². The van der Waals surface area contributed by atoms with Gasteiger partial charge in [0.2, 0.25) is 0 Å². The SMILES string of the molecule is S=C1NCCN1n1c(=S)[nH]c2ccccc21. The van der Waals surface area contributed by atoms with E-state index < -0.39 is 0 Å². The van der Waals surface area contributed by atoms with Crippen molar-refractivity contribution in [2.24, 2.45) is 0 Å². The lowest BCUT2D eigenvalue weighted by molar-refractivity contribution is 0.766. The summed E-state index contributed by atoms with van der Waals surface area (Å²) in [5.74, 6) is 0. The molecule has 0 bridgehead atoms. The van der Waals surface area contributed by atoms with Gasteiger partial charge in [-0.05, 0) is 36.6 Å². The highest BCUT2D eigenvalue weighted by Gasteiger charge is 2.20. The Morgan fingerprint density at radius 1 is 1.19 bits per heavy atom. The van der Waals surface area contributed by atoms with Crippen LogP contribution in [0.5, 0.6) is 0 Å². The fourth-order valence-corrected chi connectivity index (χ4v) is 2.52. The summed E-state index contributed by atoms with van der Waals surface area (Å²) in [4.78, 5) is 3.17. The first-order valence-corrected chi connectivity index (χ1v) is 5.84. The molecule has 1 saturated heterocycles. The Balaban J connectivity index is 2.26. The van der Waals surface area contributed by atoms with Gasteiger partial charge >= 0.3 is 0 Å². The van der Waals surface area contributed by atoms with E-state index in [0.717, 1.165) is 29.2 Å². The highest BCUT2D eigenvalue weighted by molar-refractivity contribution is 7.80. The maximum Gasteiger partial charge on any atom is 0.197 e. The molecule has 0 atom stereocenters. The third-order valence-corrected chi connectivity index (χ3v) is 3.27. The van der Waals surface area contributed by atoms with Crippen molar-refractivity contribution in [2.75, 3.05) is 18.1 Å². The summed E-state index contributed by atoms with van der Waals surface area (Å²) in [5.41, 5.74) is 2.08. The van der Waals surface area contributed by atoms with Crippen molar-refractivity contribution in [1.82, 2.24) is 15.0 Å². The van der Waals surface area contributed by atoms with E-state index in [-0.39, 0.29) is 0 Å². The number of fused-ring (bicyclic) bond motifs is 1. The molecular weight excluding hydrogens is 240 g/mol. The lowest BCUT2D eigenvalue weighted by Gasteiger charge is -2.18. The number of nitrogens with one attached hydrogen (secondary N) is 2. The van der Waals surface area contributed by atoms with Gasteiger partial charge in [-0.15, -0.1) is 0 Å². The molecule has 1 aliphatic rings. The van der Waals surface area contributed by atoms with Crippen LogP contribution in [0.4, 0.5) is 0 Å². The van der Waals surface area contributed by atoms with Gasteiger partial charge in [-0.2, -0.15) is 0 Å². The van der Waals surface area contributed by atoms with E-state index in [0.29, 0.717) is 4.77 Å². The number of aromatic nitrogens is 2. The molecule has 0 aliphatic carbocycles. The van der Waals surface area contributed by atoms with E-state index in [1.165, 1.54) is 0 Å². The van der Waals surface area contributed by atoms with E-state index >= 15 is 0 Å². The Morgan fingerprint density at radius 3 is 2.75 bits per heavy atom. The maximum absolute atomic E-state index is 5.32. The number of thiocarbonyl (C=S) groups is 1. The fourth-order valence-electron chi connectivity index (χ4n) is 1.93. The first-order chi connectivity index (χ1) is 7.77. The third-order valence-electron chi connectivity index (χ3n) is 2.64. The first-order valence-electron chi connectivity index (χ1n) is 5.03. The highest BCUT2D eigenvalue weighted by Crippen LogP contribution is 2.14. The molecule has 16 heavy (non-hydrogen) atoms. The van der Waals surface area contributed by atoms with Gasteiger partial charge in [-0.25, -0.2) is 4.68 Å². The van der Waals surface area contributed by atoms with Gasteiger partial charge in [-0.3, -0.25) is 5.01 Å². The topological polar surface area (TPSA) is 36.0 Å². The maximum atomic E-state index is 5.32. The molecule has 82 valence electrons. The molecule has 2 N–H and O–H groups in total. The largest absolute Gasteiger partial charge is 0.359 e. The van der Waals surface area contributed by atoms with Gasteiger partial charge in [0.1, 0.15) is 0 Å². The average Bonchev–Trinajstić information content (AvgIpc) is 2.81. The van der Waals surface area contributed by atoms with Crippen molar-refractivity contribution in [3.63, 3.8) is 0 Å². The molecule has 1 fully saturated rings. The highest BCUT2D eigenvalue weighted by atomic mass is 32.1. The van der Waals surface area contributed by atoms with Crippen LogP contribution in [-0.2, 0) is 0 Å². The Labute approximate surface area is 103 Å². The molecule has 0 unspecified atom stereocenters. The van der Waals surface area contributed by atoms with E-state index in [9.17, 15) is 0 Å². The van der Waals surface area contributed by atoms with Gasteiger partial charge < -0.3 is 10.3 Å². The number of para-hydroxylation sites is 2. The quantitative estimate of drug-likeness (QED) is 0.752. The zero-order valence-electron chi connectivity index (χ0n) is 8.43. The van der Waals surface area contributed by atoms with E-state index in [4.69, 9.17) is 24.4 Å². The number of nitrogens with zero attached hydrogens (tertiary/aromatic N) is 2. The minimum atomic E-state index is 0.673. The smallest absolute Gasteiger partial charge is 0.197 e. The minimum Gasteiger partial charge on any atom is -0.359 e. The summed E-state index contributed by atoms with van der Waals surface area (Å²) in [6, 6.07) is 8.02. The molecule has 2 aromatic rings. The number of imidazole rings is 1. The first kappa shape index (κ1) is 9.80. The molecule has 6 heteroatoms. The minimum absolute atomic E-state index is 0.673. The number of hydrogen-bond acceptors (Lipinski definition) is 2. The summed E-state index contributed by atoms with van der Waals surface area (Å²) >= 11 is 10.6. The standard InChI is InChI=1S/C10H10N4S2/c15-9-11-5-6-13(9)14-8-4-2-1-3-7(8)12-10(14)16/h1-4H,5-6H2,(H,11,15)(H,12,16). The summed E-state index contributed by atoms with van der Waals surface area (Å²) < 4.78 is 2.62. The normalized spacial score (nSPS) is 15.8. The molecule has 1 aliphatic heterocycles. The predicted molar refractivity (Wildman–Crippen MR) is 70.8 cm³/mol. The lowest BCUT2D eigenvalue weighted by Crippen LogP contribution is -2.37. The van der Waals surface area contributed by atoms with Gasteiger partial charge in [0.15, 0.2) is 9.88 Å². The Kier molecular flexibility index (Phi) is 2.19. The van der Waals surface area contributed by atoms with Crippen molar-refractivity contribution in [3.05, 3.63) is 29.0 Å².